The molecule has 2 unspecified atom stereocenters. The van der Waals surface area contributed by atoms with Gasteiger partial charge in [0.15, 0.2) is 0 Å². The number of ether oxygens (including phenoxy) is 1. The number of esters is 1. The molecule has 1 aliphatic rings. The second kappa shape index (κ2) is 5.50. The second-order valence-electron chi connectivity index (χ2n) is 4.91. The lowest BCUT2D eigenvalue weighted by Gasteiger charge is -2.34. The molecular formula is C12H23NO2. The van der Waals surface area contributed by atoms with Gasteiger partial charge >= 0.3 is 5.97 Å². The third-order valence-corrected chi connectivity index (χ3v) is 3.05. The number of carbonyl (C=O) groups is 1. The van der Waals surface area contributed by atoms with E-state index in [1.54, 1.807) is 0 Å². The van der Waals surface area contributed by atoms with Crippen LogP contribution < -0.4 is 0 Å². The van der Waals surface area contributed by atoms with E-state index in [0.717, 1.165) is 19.3 Å². The summed E-state index contributed by atoms with van der Waals surface area (Å²) in [5.74, 6) is 0.0690. The highest BCUT2D eigenvalue weighted by Gasteiger charge is 2.33. The number of hydrogen-bond donors (Lipinski definition) is 0. The van der Waals surface area contributed by atoms with Crippen molar-refractivity contribution < 1.29 is 9.53 Å². The van der Waals surface area contributed by atoms with Crippen molar-refractivity contribution in [1.82, 2.24) is 4.90 Å². The van der Waals surface area contributed by atoms with Crippen molar-refractivity contribution in [3.8, 4) is 0 Å². The molecule has 3 nitrogen and oxygen atoms in total. The van der Waals surface area contributed by atoms with Crippen LogP contribution in [-0.4, -0.2) is 37.1 Å². The van der Waals surface area contributed by atoms with Gasteiger partial charge in [-0.3, -0.25) is 4.79 Å². The highest BCUT2D eigenvalue weighted by Crippen LogP contribution is 2.28. The SMILES string of the molecule is CC(C)OC(=O)C1CCCCC1N(C)C. The van der Waals surface area contributed by atoms with Gasteiger partial charge in [-0.15, -0.1) is 0 Å². The largest absolute Gasteiger partial charge is 0.463 e. The molecule has 0 saturated heterocycles. The first-order valence-corrected chi connectivity index (χ1v) is 5.89. The van der Waals surface area contributed by atoms with E-state index in [2.05, 4.69) is 4.90 Å². The molecule has 2 atom stereocenters. The lowest BCUT2D eigenvalue weighted by Crippen LogP contribution is -2.42. The van der Waals surface area contributed by atoms with E-state index in [-0.39, 0.29) is 18.0 Å². The summed E-state index contributed by atoms with van der Waals surface area (Å²) in [6.07, 6.45) is 4.48. The molecule has 1 rings (SSSR count). The van der Waals surface area contributed by atoms with E-state index in [1.165, 1.54) is 6.42 Å². The van der Waals surface area contributed by atoms with Crippen LogP contribution in [0.4, 0.5) is 0 Å². The summed E-state index contributed by atoms with van der Waals surface area (Å²) >= 11 is 0. The molecular weight excluding hydrogens is 190 g/mol. The highest BCUT2D eigenvalue weighted by atomic mass is 16.5. The van der Waals surface area contributed by atoms with Gasteiger partial charge in [-0.25, -0.2) is 0 Å². The quantitative estimate of drug-likeness (QED) is 0.672. The van der Waals surface area contributed by atoms with Crippen molar-refractivity contribution in [1.29, 1.82) is 0 Å². The molecule has 0 heterocycles. The molecule has 1 aliphatic carbocycles. The normalized spacial score (nSPS) is 27.1. The summed E-state index contributed by atoms with van der Waals surface area (Å²) in [6, 6.07) is 0.366. The van der Waals surface area contributed by atoms with Gasteiger partial charge in [0, 0.05) is 6.04 Å². The molecule has 1 fully saturated rings. The fourth-order valence-electron chi connectivity index (χ4n) is 2.32. The van der Waals surface area contributed by atoms with Crippen LogP contribution in [0, 0.1) is 5.92 Å². The van der Waals surface area contributed by atoms with E-state index >= 15 is 0 Å². The van der Waals surface area contributed by atoms with E-state index in [9.17, 15) is 4.79 Å². The Labute approximate surface area is 92.8 Å². The number of carbonyl (C=O) groups excluding carboxylic acids is 1. The first-order valence-electron chi connectivity index (χ1n) is 5.89. The molecule has 0 aromatic carbocycles. The predicted molar refractivity (Wildman–Crippen MR) is 60.7 cm³/mol. The summed E-state index contributed by atoms with van der Waals surface area (Å²) in [5, 5.41) is 0. The van der Waals surface area contributed by atoms with Gasteiger partial charge in [0.2, 0.25) is 0 Å². The van der Waals surface area contributed by atoms with Gasteiger partial charge in [-0.05, 0) is 40.8 Å². The fraction of sp³-hybridized carbons (Fsp3) is 0.917. The smallest absolute Gasteiger partial charge is 0.310 e. The average molecular weight is 213 g/mol. The Balaban J connectivity index is 2.59. The van der Waals surface area contributed by atoms with Crippen molar-refractivity contribution in [3.63, 3.8) is 0 Å². The Morgan fingerprint density at radius 3 is 2.40 bits per heavy atom. The summed E-state index contributed by atoms with van der Waals surface area (Å²) in [4.78, 5) is 14.0. The van der Waals surface area contributed by atoms with E-state index in [1.807, 2.05) is 27.9 Å². The lowest BCUT2D eigenvalue weighted by atomic mass is 9.84. The van der Waals surface area contributed by atoms with Crippen LogP contribution in [-0.2, 0) is 9.53 Å². The molecule has 0 N–H and O–H groups in total. The maximum atomic E-state index is 11.9. The van der Waals surface area contributed by atoms with Crippen LogP contribution in [0.5, 0.6) is 0 Å². The topological polar surface area (TPSA) is 29.5 Å². The first-order chi connectivity index (χ1) is 7.02. The van der Waals surface area contributed by atoms with Gasteiger partial charge in [0.25, 0.3) is 0 Å². The van der Waals surface area contributed by atoms with Crippen molar-refractivity contribution in [2.75, 3.05) is 14.1 Å². The van der Waals surface area contributed by atoms with E-state index < -0.39 is 0 Å². The van der Waals surface area contributed by atoms with Crippen molar-refractivity contribution >= 4 is 5.97 Å². The van der Waals surface area contributed by atoms with Crippen LogP contribution in [0.25, 0.3) is 0 Å². The van der Waals surface area contributed by atoms with Crippen molar-refractivity contribution in [2.24, 2.45) is 5.92 Å². The van der Waals surface area contributed by atoms with Gasteiger partial charge in [-0.2, -0.15) is 0 Å². The lowest BCUT2D eigenvalue weighted by molar-refractivity contribution is -0.156. The standard InChI is InChI=1S/C12H23NO2/c1-9(2)15-12(14)10-7-5-6-8-11(10)13(3)4/h9-11H,5-8H2,1-4H3. The minimum atomic E-state index is -0.0107. The van der Waals surface area contributed by atoms with Crippen molar-refractivity contribution in [3.05, 3.63) is 0 Å². The monoisotopic (exact) mass is 213 g/mol. The van der Waals surface area contributed by atoms with Crippen LogP contribution in [0.15, 0.2) is 0 Å². The second-order valence-corrected chi connectivity index (χ2v) is 4.91. The van der Waals surface area contributed by atoms with Crippen LogP contribution >= 0.6 is 0 Å². The minimum Gasteiger partial charge on any atom is -0.463 e. The Kier molecular flexibility index (Phi) is 4.58. The zero-order valence-electron chi connectivity index (χ0n) is 10.3. The molecule has 15 heavy (non-hydrogen) atoms. The molecule has 1 saturated carbocycles. The first kappa shape index (κ1) is 12.5. The Morgan fingerprint density at radius 1 is 1.27 bits per heavy atom. The molecule has 0 bridgehead atoms. The molecule has 0 amide bonds. The molecule has 0 aromatic rings. The highest BCUT2D eigenvalue weighted by molar-refractivity contribution is 5.73. The molecule has 0 radical (unpaired) electrons. The summed E-state index contributed by atoms with van der Waals surface area (Å²) in [5.41, 5.74) is 0. The molecule has 0 aliphatic heterocycles. The van der Waals surface area contributed by atoms with Gasteiger partial charge in [0.05, 0.1) is 12.0 Å². The fourth-order valence-corrected chi connectivity index (χ4v) is 2.32. The van der Waals surface area contributed by atoms with E-state index in [0.29, 0.717) is 6.04 Å². The minimum absolute atomic E-state index is 0.00207. The van der Waals surface area contributed by atoms with Crippen molar-refractivity contribution in [2.45, 2.75) is 51.7 Å². The van der Waals surface area contributed by atoms with Gasteiger partial charge in [-0.1, -0.05) is 12.8 Å². The Morgan fingerprint density at radius 2 is 1.87 bits per heavy atom. The number of hydrogen-bond acceptors (Lipinski definition) is 3. The van der Waals surface area contributed by atoms with Crippen LogP contribution in [0.1, 0.15) is 39.5 Å². The maximum absolute atomic E-state index is 11.9. The predicted octanol–water partition coefficient (Wildman–Crippen LogP) is 2.06. The van der Waals surface area contributed by atoms with E-state index in [4.69, 9.17) is 4.74 Å². The van der Waals surface area contributed by atoms with Gasteiger partial charge < -0.3 is 9.64 Å². The number of nitrogens with zero attached hydrogens (tertiary/aromatic N) is 1. The third kappa shape index (κ3) is 3.49. The van der Waals surface area contributed by atoms with Crippen LogP contribution in [0.2, 0.25) is 0 Å². The zero-order valence-corrected chi connectivity index (χ0v) is 10.3. The van der Waals surface area contributed by atoms with Gasteiger partial charge in [0.1, 0.15) is 0 Å². The third-order valence-electron chi connectivity index (χ3n) is 3.05. The number of rotatable bonds is 3. The van der Waals surface area contributed by atoms with Crippen LogP contribution in [0.3, 0.4) is 0 Å². The Bertz CT molecular complexity index is 214. The summed E-state index contributed by atoms with van der Waals surface area (Å²) < 4.78 is 5.30. The summed E-state index contributed by atoms with van der Waals surface area (Å²) in [7, 11) is 4.09. The molecule has 0 spiro atoms. The Hall–Kier alpha value is -0.570. The average Bonchev–Trinajstić information content (AvgIpc) is 2.16. The zero-order chi connectivity index (χ0) is 11.4. The maximum Gasteiger partial charge on any atom is 0.310 e. The summed E-state index contributed by atoms with van der Waals surface area (Å²) in [6.45, 7) is 3.82. The molecule has 0 aromatic heterocycles. The molecule has 3 heteroatoms. The molecule has 88 valence electrons.